The zero-order valence-electron chi connectivity index (χ0n) is 16.5. The Labute approximate surface area is 192 Å². The van der Waals surface area contributed by atoms with Crippen molar-refractivity contribution in [1.82, 2.24) is 14.7 Å². The zero-order chi connectivity index (χ0) is 23.0. The summed E-state index contributed by atoms with van der Waals surface area (Å²) in [5.41, 5.74) is 8.04. The molecule has 0 saturated heterocycles. The number of hydrogen-bond donors (Lipinski definition) is 3. The van der Waals surface area contributed by atoms with Crippen LogP contribution in [-0.2, 0) is 13.1 Å². The highest BCUT2D eigenvalue weighted by Crippen LogP contribution is 2.34. The van der Waals surface area contributed by atoms with Gasteiger partial charge >= 0.3 is 0 Å². The van der Waals surface area contributed by atoms with Gasteiger partial charge in [0.15, 0.2) is 12.2 Å². The van der Waals surface area contributed by atoms with Crippen LogP contribution in [0.2, 0.25) is 10.0 Å². The summed E-state index contributed by atoms with van der Waals surface area (Å²) in [5, 5.41) is 26.6. The molecule has 4 rings (SSSR count). The molecular formula is C21H17Cl2FN6O2. The van der Waals surface area contributed by atoms with Gasteiger partial charge in [-0.3, -0.25) is 14.4 Å². The van der Waals surface area contributed by atoms with E-state index in [4.69, 9.17) is 34.2 Å². The van der Waals surface area contributed by atoms with Gasteiger partial charge in [0.2, 0.25) is 0 Å². The Hall–Kier alpha value is -3.16. The minimum atomic E-state index is -1.06. The number of hydrogen-bond acceptors (Lipinski definition) is 6. The Morgan fingerprint density at radius 2 is 1.91 bits per heavy atom. The largest absolute Gasteiger partial charge is 0.365 e. The Morgan fingerprint density at radius 1 is 1.25 bits per heavy atom. The molecule has 1 aromatic heterocycles. The molecule has 1 atom stereocenters. The molecule has 1 unspecified atom stereocenters. The molecule has 4 N–H and O–H groups in total. The summed E-state index contributed by atoms with van der Waals surface area (Å²) in [6, 6.07) is 11.3. The summed E-state index contributed by atoms with van der Waals surface area (Å²) in [6.07, 6.45) is -1.06. The molecule has 0 saturated carbocycles. The number of aliphatic hydroxyl groups is 1. The van der Waals surface area contributed by atoms with Gasteiger partial charge < -0.3 is 16.2 Å². The molecule has 0 aliphatic carbocycles. The first-order valence-electron chi connectivity index (χ1n) is 9.51. The highest BCUT2D eigenvalue weighted by molar-refractivity contribution is 6.35. The second-order valence-corrected chi connectivity index (χ2v) is 8.00. The first-order valence-corrected chi connectivity index (χ1v) is 10.3. The number of carbonyl (C=O) groups is 1. The molecular weight excluding hydrogens is 458 g/mol. The van der Waals surface area contributed by atoms with Crippen molar-refractivity contribution in [2.24, 2.45) is 5.73 Å². The fourth-order valence-corrected chi connectivity index (χ4v) is 4.07. The van der Waals surface area contributed by atoms with Gasteiger partial charge in [-0.15, -0.1) is 0 Å². The first kappa shape index (κ1) is 22.0. The number of nitrogens with two attached hydrogens (primary N) is 1. The molecule has 3 aromatic rings. The van der Waals surface area contributed by atoms with Gasteiger partial charge in [0.1, 0.15) is 5.69 Å². The molecule has 0 fully saturated rings. The Morgan fingerprint density at radius 3 is 2.50 bits per heavy atom. The number of nitriles is 1. The number of nitrogens with one attached hydrogen (secondary N) is 1. The fraction of sp³-hybridized carbons (Fsp3) is 0.190. The number of benzene rings is 2. The maximum Gasteiger partial charge on any atom is 0.252 e. The number of aliphatic hydroxyl groups excluding tert-OH is 1. The number of primary amides is 1. The second-order valence-electron chi connectivity index (χ2n) is 7.19. The highest BCUT2D eigenvalue weighted by atomic mass is 35.5. The van der Waals surface area contributed by atoms with Crippen molar-refractivity contribution >= 4 is 34.8 Å². The Balaban J connectivity index is 1.63. The van der Waals surface area contributed by atoms with Crippen LogP contribution >= 0.6 is 23.2 Å². The lowest BCUT2D eigenvalue weighted by Gasteiger charge is -2.32. The number of amides is 1. The third-order valence-corrected chi connectivity index (χ3v) is 5.72. The van der Waals surface area contributed by atoms with Crippen molar-refractivity contribution < 1.29 is 14.3 Å². The van der Waals surface area contributed by atoms with Gasteiger partial charge in [-0.25, -0.2) is 4.39 Å². The molecule has 1 amide bonds. The van der Waals surface area contributed by atoms with Crippen molar-refractivity contribution in [1.29, 1.82) is 5.26 Å². The molecule has 0 spiro atoms. The standard InChI is InChI=1S/C21H17Cl2FN6O2/c22-14-7-12(8-15(23)18(14)24)19-17(20(26)31)16-10-29(5-6-30(16)28-19)21(32)27-13-3-1-11(9-25)2-4-13/h1-4,7-8,21,27,32H,5-6,10H2,(H2,26,31). The number of carbonyl (C=O) groups excluding carboxylic acids is 1. The number of anilines is 1. The summed E-state index contributed by atoms with van der Waals surface area (Å²) in [5.74, 6) is -1.47. The summed E-state index contributed by atoms with van der Waals surface area (Å²) in [4.78, 5) is 14.0. The van der Waals surface area contributed by atoms with E-state index in [1.165, 1.54) is 12.1 Å². The van der Waals surface area contributed by atoms with E-state index in [1.807, 2.05) is 6.07 Å². The van der Waals surface area contributed by atoms with Gasteiger partial charge in [-0.2, -0.15) is 10.4 Å². The predicted octanol–water partition coefficient (Wildman–Crippen LogP) is 3.17. The molecule has 11 heteroatoms. The maximum absolute atomic E-state index is 13.8. The summed E-state index contributed by atoms with van der Waals surface area (Å²) in [6.45, 7) is 0.991. The van der Waals surface area contributed by atoms with Gasteiger partial charge in [0.25, 0.3) is 5.91 Å². The van der Waals surface area contributed by atoms with Crippen LogP contribution in [0.5, 0.6) is 0 Å². The Bertz CT molecular complexity index is 1220. The number of halogens is 3. The molecule has 1 aliphatic rings. The average molecular weight is 475 g/mol. The monoisotopic (exact) mass is 474 g/mol. The fourth-order valence-electron chi connectivity index (χ4n) is 3.58. The molecule has 2 aromatic carbocycles. The molecule has 164 valence electrons. The van der Waals surface area contributed by atoms with Crippen molar-refractivity contribution in [3.8, 4) is 17.3 Å². The number of nitrogens with zero attached hydrogens (tertiary/aromatic N) is 4. The van der Waals surface area contributed by atoms with Gasteiger partial charge in [0.05, 0.1) is 39.5 Å². The smallest absolute Gasteiger partial charge is 0.252 e. The summed E-state index contributed by atoms with van der Waals surface area (Å²) >= 11 is 11.8. The topological polar surface area (TPSA) is 120 Å². The van der Waals surface area contributed by atoms with E-state index in [1.54, 1.807) is 33.8 Å². The van der Waals surface area contributed by atoms with Crippen LogP contribution in [0.4, 0.5) is 10.1 Å². The van der Waals surface area contributed by atoms with Crippen LogP contribution in [-0.4, -0.2) is 38.6 Å². The highest BCUT2D eigenvalue weighted by Gasteiger charge is 2.30. The van der Waals surface area contributed by atoms with E-state index in [0.29, 0.717) is 35.6 Å². The minimum Gasteiger partial charge on any atom is -0.365 e. The molecule has 0 bridgehead atoms. The molecule has 2 heterocycles. The van der Waals surface area contributed by atoms with Crippen molar-refractivity contribution in [3.05, 3.63) is 69.1 Å². The normalized spacial score (nSPS) is 14.5. The quantitative estimate of drug-likeness (QED) is 0.385. The van der Waals surface area contributed by atoms with E-state index in [2.05, 4.69) is 10.4 Å². The zero-order valence-corrected chi connectivity index (χ0v) is 18.0. The first-order chi connectivity index (χ1) is 15.3. The molecule has 8 nitrogen and oxygen atoms in total. The molecule has 32 heavy (non-hydrogen) atoms. The van der Waals surface area contributed by atoms with Crippen molar-refractivity contribution in [3.63, 3.8) is 0 Å². The number of aromatic nitrogens is 2. The van der Waals surface area contributed by atoms with Crippen molar-refractivity contribution in [2.75, 3.05) is 11.9 Å². The van der Waals surface area contributed by atoms with E-state index >= 15 is 0 Å². The van der Waals surface area contributed by atoms with E-state index in [-0.39, 0.29) is 27.8 Å². The molecule has 0 radical (unpaired) electrons. The maximum atomic E-state index is 13.8. The second kappa shape index (κ2) is 8.76. The van der Waals surface area contributed by atoms with E-state index < -0.39 is 18.1 Å². The van der Waals surface area contributed by atoms with Gasteiger partial charge in [-0.1, -0.05) is 23.2 Å². The summed E-state index contributed by atoms with van der Waals surface area (Å²) < 4.78 is 15.5. The van der Waals surface area contributed by atoms with Crippen LogP contribution in [0.3, 0.4) is 0 Å². The minimum absolute atomic E-state index is 0.152. The summed E-state index contributed by atoms with van der Waals surface area (Å²) in [7, 11) is 0. The lowest BCUT2D eigenvalue weighted by Crippen LogP contribution is -2.45. The number of fused-ring (bicyclic) bond motifs is 1. The van der Waals surface area contributed by atoms with E-state index in [0.717, 1.165) is 0 Å². The Kier molecular flexibility index (Phi) is 6.04. The van der Waals surface area contributed by atoms with Crippen LogP contribution in [0, 0.1) is 17.1 Å². The number of rotatable bonds is 5. The third-order valence-electron chi connectivity index (χ3n) is 5.17. The molecule has 1 aliphatic heterocycles. The lowest BCUT2D eigenvalue weighted by molar-refractivity contribution is 0.00610. The van der Waals surface area contributed by atoms with Gasteiger partial charge in [0, 0.05) is 24.3 Å². The van der Waals surface area contributed by atoms with Crippen molar-refractivity contribution in [2.45, 2.75) is 19.4 Å². The van der Waals surface area contributed by atoms with Crippen LogP contribution < -0.4 is 11.1 Å². The average Bonchev–Trinajstić information content (AvgIpc) is 3.16. The third kappa shape index (κ3) is 4.13. The SMILES string of the molecule is N#Cc1ccc(NC(O)N2CCn3nc(-c4cc(Cl)c(F)c(Cl)c4)c(C(N)=O)c3C2)cc1. The van der Waals surface area contributed by atoms with Crippen LogP contribution in [0.15, 0.2) is 36.4 Å². The lowest BCUT2D eigenvalue weighted by atomic mass is 10.0. The van der Waals surface area contributed by atoms with Crippen LogP contribution in [0.25, 0.3) is 11.3 Å². The van der Waals surface area contributed by atoms with Crippen LogP contribution in [0.1, 0.15) is 21.6 Å². The van der Waals surface area contributed by atoms with E-state index in [9.17, 15) is 14.3 Å². The predicted molar refractivity (Wildman–Crippen MR) is 117 cm³/mol. The van der Waals surface area contributed by atoms with Gasteiger partial charge in [-0.05, 0) is 36.4 Å².